The minimum Gasteiger partial charge on any atom is -0.486 e. The molecule has 1 aliphatic heterocycles. The first-order valence-corrected chi connectivity index (χ1v) is 9.07. The Morgan fingerprint density at radius 1 is 1.00 bits per heavy atom. The van der Waals surface area contributed by atoms with Gasteiger partial charge in [0.05, 0.1) is 5.56 Å². The third-order valence-electron chi connectivity index (χ3n) is 4.65. The lowest BCUT2D eigenvalue weighted by Gasteiger charge is -2.22. The normalized spacial score (nSPS) is 16.8. The van der Waals surface area contributed by atoms with Crippen LogP contribution in [0.15, 0.2) is 30.6 Å². The van der Waals surface area contributed by atoms with E-state index in [4.69, 9.17) is 9.47 Å². The van der Waals surface area contributed by atoms with Crippen molar-refractivity contribution >= 4 is 17.5 Å². The second-order valence-corrected chi connectivity index (χ2v) is 6.59. The van der Waals surface area contributed by atoms with Gasteiger partial charge in [-0.3, -0.25) is 4.79 Å². The van der Waals surface area contributed by atoms with Crippen molar-refractivity contribution in [3.63, 3.8) is 0 Å². The Kier molecular flexibility index (Phi) is 4.86. The third kappa shape index (κ3) is 3.87. The maximum atomic E-state index is 12.3. The molecule has 4 rings (SSSR count). The zero-order chi connectivity index (χ0) is 17.8. The molecule has 1 saturated carbocycles. The molecule has 0 saturated heterocycles. The first kappa shape index (κ1) is 16.6. The predicted octanol–water partition coefficient (Wildman–Crippen LogP) is 3.05. The van der Waals surface area contributed by atoms with E-state index in [1.165, 1.54) is 19.3 Å². The topological polar surface area (TPSA) is 85.4 Å². The standard InChI is InChI=1S/C19H22N4O3/c24-18(22-14-4-2-1-3-5-14)13-11-20-19(21-12-13)23-15-6-7-16-17(10-15)26-9-8-25-16/h6-7,10-12,14H,1-5,8-9H2,(H,22,24)(H,20,21,23). The van der Waals surface area contributed by atoms with Gasteiger partial charge >= 0.3 is 0 Å². The van der Waals surface area contributed by atoms with Crippen LogP contribution in [-0.2, 0) is 0 Å². The highest BCUT2D eigenvalue weighted by Crippen LogP contribution is 2.33. The summed E-state index contributed by atoms with van der Waals surface area (Å²) in [7, 11) is 0. The van der Waals surface area contributed by atoms with Gasteiger partial charge in [0.25, 0.3) is 5.91 Å². The summed E-state index contributed by atoms with van der Waals surface area (Å²) < 4.78 is 11.1. The van der Waals surface area contributed by atoms with Gasteiger partial charge in [-0.05, 0) is 25.0 Å². The Bertz CT molecular complexity index is 773. The van der Waals surface area contributed by atoms with Crippen LogP contribution in [0, 0.1) is 0 Å². The van der Waals surface area contributed by atoms with E-state index in [2.05, 4.69) is 20.6 Å². The summed E-state index contributed by atoms with van der Waals surface area (Å²) in [6.45, 7) is 1.10. The van der Waals surface area contributed by atoms with E-state index < -0.39 is 0 Å². The molecule has 0 unspecified atom stereocenters. The van der Waals surface area contributed by atoms with Gasteiger partial charge in [-0.25, -0.2) is 9.97 Å². The van der Waals surface area contributed by atoms with E-state index in [9.17, 15) is 4.79 Å². The van der Waals surface area contributed by atoms with Gasteiger partial charge in [0.1, 0.15) is 13.2 Å². The summed E-state index contributed by atoms with van der Waals surface area (Å²) in [5, 5.41) is 6.18. The van der Waals surface area contributed by atoms with Crippen LogP contribution in [-0.4, -0.2) is 35.1 Å². The average molecular weight is 354 g/mol. The number of amides is 1. The molecular weight excluding hydrogens is 332 g/mol. The van der Waals surface area contributed by atoms with Crippen molar-refractivity contribution in [3.05, 3.63) is 36.2 Å². The third-order valence-corrected chi connectivity index (χ3v) is 4.65. The maximum Gasteiger partial charge on any atom is 0.254 e. The van der Waals surface area contributed by atoms with Crippen molar-refractivity contribution in [3.8, 4) is 11.5 Å². The number of ether oxygens (including phenoxy) is 2. The summed E-state index contributed by atoms with van der Waals surface area (Å²) in [6.07, 6.45) is 8.82. The number of anilines is 2. The molecule has 0 spiro atoms. The lowest BCUT2D eigenvalue weighted by Crippen LogP contribution is -2.36. The summed E-state index contributed by atoms with van der Waals surface area (Å²) in [5.74, 6) is 1.75. The van der Waals surface area contributed by atoms with Crippen LogP contribution < -0.4 is 20.1 Å². The molecule has 0 radical (unpaired) electrons. The molecule has 0 atom stereocenters. The fourth-order valence-electron chi connectivity index (χ4n) is 3.28. The van der Waals surface area contributed by atoms with E-state index in [0.717, 1.165) is 24.3 Å². The van der Waals surface area contributed by atoms with E-state index in [1.807, 2.05) is 18.2 Å². The van der Waals surface area contributed by atoms with Crippen molar-refractivity contribution in [2.24, 2.45) is 0 Å². The number of hydrogen-bond donors (Lipinski definition) is 2. The predicted molar refractivity (Wildman–Crippen MR) is 97.1 cm³/mol. The highest BCUT2D eigenvalue weighted by molar-refractivity contribution is 5.93. The van der Waals surface area contributed by atoms with Crippen molar-refractivity contribution < 1.29 is 14.3 Å². The summed E-state index contributed by atoms with van der Waals surface area (Å²) >= 11 is 0. The van der Waals surface area contributed by atoms with Gasteiger partial charge in [-0.15, -0.1) is 0 Å². The molecule has 2 N–H and O–H groups in total. The largest absolute Gasteiger partial charge is 0.486 e. The molecule has 0 bridgehead atoms. The number of fused-ring (bicyclic) bond motifs is 1. The molecule has 2 aliphatic rings. The molecule has 136 valence electrons. The Balaban J connectivity index is 1.38. The van der Waals surface area contributed by atoms with Crippen LogP contribution in [0.25, 0.3) is 0 Å². The molecule has 1 amide bonds. The smallest absolute Gasteiger partial charge is 0.254 e. The van der Waals surface area contributed by atoms with E-state index in [-0.39, 0.29) is 11.9 Å². The molecule has 2 heterocycles. The van der Waals surface area contributed by atoms with Gasteiger partial charge in [0, 0.05) is 30.2 Å². The van der Waals surface area contributed by atoms with Crippen LogP contribution in [0.4, 0.5) is 11.6 Å². The average Bonchev–Trinajstić information content (AvgIpc) is 2.69. The zero-order valence-electron chi connectivity index (χ0n) is 14.5. The number of carbonyl (C=O) groups is 1. The number of rotatable bonds is 4. The Labute approximate surface area is 152 Å². The van der Waals surface area contributed by atoms with Crippen molar-refractivity contribution in [2.45, 2.75) is 38.1 Å². The molecule has 7 nitrogen and oxygen atoms in total. The fourth-order valence-corrected chi connectivity index (χ4v) is 3.28. The monoisotopic (exact) mass is 354 g/mol. The van der Waals surface area contributed by atoms with Crippen LogP contribution in [0.5, 0.6) is 11.5 Å². The van der Waals surface area contributed by atoms with Crippen molar-refractivity contribution in [2.75, 3.05) is 18.5 Å². The minimum absolute atomic E-state index is 0.109. The number of benzene rings is 1. The van der Waals surface area contributed by atoms with Gasteiger partial charge in [-0.2, -0.15) is 0 Å². The highest BCUT2D eigenvalue weighted by Gasteiger charge is 2.17. The summed E-state index contributed by atoms with van der Waals surface area (Å²) in [5.41, 5.74) is 1.27. The molecule has 1 aromatic heterocycles. The summed E-state index contributed by atoms with van der Waals surface area (Å²) in [4.78, 5) is 20.8. The van der Waals surface area contributed by atoms with E-state index in [0.29, 0.717) is 30.5 Å². The van der Waals surface area contributed by atoms with Crippen molar-refractivity contribution in [1.29, 1.82) is 0 Å². The molecule has 1 fully saturated rings. The van der Waals surface area contributed by atoms with E-state index in [1.54, 1.807) is 12.4 Å². The Morgan fingerprint density at radius 3 is 2.50 bits per heavy atom. The molecule has 2 aromatic rings. The number of nitrogens with one attached hydrogen (secondary N) is 2. The second kappa shape index (κ2) is 7.59. The van der Waals surface area contributed by atoms with Crippen molar-refractivity contribution in [1.82, 2.24) is 15.3 Å². The molecule has 1 aliphatic carbocycles. The first-order chi connectivity index (χ1) is 12.8. The van der Waals surface area contributed by atoms with Gasteiger partial charge < -0.3 is 20.1 Å². The molecule has 26 heavy (non-hydrogen) atoms. The number of carbonyl (C=O) groups excluding carboxylic acids is 1. The SMILES string of the molecule is O=C(NC1CCCCC1)c1cnc(Nc2ccc3c(c2)OCCO3)nc1. The lowest BCUT2D eigenvalue weighted by atomic mass is 9.95. The maximum absolute atomic E-state index is 12.3. The van der Waals surface area contributed by atoms with Crippen LogP contribution in [0.3, 0.4) is 0 Å². The fraction of sp³-hybridized carbons (Fsp3) is 0.421. The van der Waals surface area contributed by atoms with Gasteiger partial charge in [-0.1, -0.05) is 19.3 Å². The zero-order valence-corrected chi connectivity index (χ0v) is 14.5. The van der Waals surface area contributed by atoms with Crippen LogP contribution in [0.2, 0.25) is 0 Å². The number of hydrogen-bond acceptors (Lipinski definition) is 6. The lowest BCUT2D eigenvalue weighted by molar-refractivity contribution is 0.0927. The quantitative estimate of drug-likeness (QED) is 0.878. The van der Waals surface area contributed by atoms with Gasteiger partial charge in [0.2, 0.25) is 5.95 Å². The molecule has 7 heteroatoms. The Morgan fingerprint density at radius 2 is 1.73 bits per heavy atom. The minimum atomic E-state index is -0.109. The summed E-state index contributed by atoms with van der Waals surface area (Å²) in [6, 6.07) is 5.84. The number of aromatic nitrogens is 2. The molecular formula is C19H22N4O3. The number of nitrogens with zero attached hydrogens (tertiary/aromatic N) is 2. The van der Waals surface area contributed by atoms with Crippen LogP contribution in [0.1, 0.15) is 42.5 Å². The second-order valence-electron chi connectivity index (χ2n) is 6.59. The Hall–Kier alpha value is -2.83. The van der Waals surface area contributed by atoms with Gasteiger partial charge in [0.15, 0.2) is 11.5 Å². The molecule has 1 aromatic carbocycles. The van der Waals surface area contributed by atoms with Crippen LogP contribution >= 0.6 is 0 Å². The highest BCUT2D eigenvalue weighted by atomic mass is 16.6. The van der Waals surface area contributed by atoms with E-state index >= 15 is 0 Å². The first-order valence-electron chi connectivity index (χ1n) is 9.07.